The van der Waals surface area contributed by atoms with Crippen molar-refractivity contribution in [3.8, 4) is 5.75 Å². The molecule has 1 saturated heterocycles. The number of nitrogens with zero attached hydrogens (tertiary/aromatic N) is 2. The molecule has 0 bridgehead atoms. The summed E-state index contributed by atoms with van der Waals surface area (Å²) in [5.74, 6) is -0.198. The summed E-state index contributed by atoms with van der Waals surface area (Å²) in [5, 5.41) is 19.0. The highest BCUT2D eigenvalue weighted by atomic mass is 16.3. The fourth-order valence-corrected chi connectivity index (χ4v) is 2.28. The minimum atomic E-state index is -0.415. The summed E-state index contributed by atoms with van der Waals surface area (Å²) in [7, 11) is 1.76. The molecular weight excluding hydrogens is 220 g/mol. The maximum atomic E-state index is 11.6. The zero-order valence-corrected chi connectivity index (χ0v) is 10.0. The first kappa shape index (κ1) is 12.1. The van der Waals surface area contributed by atoms with Crippen LogP contribution in [-0.2, 0) is 20.2 Å². The lowest BCUT2D eigenvalue weighted by Crippen LogP contribution is -2.24. The highest BCUT2D eigenvalue weighted by Gasteiger charge is 2.18. The van der Waals surface area contributed by atoms with Crippen molar-refractivity contribution in [2.45, 2.75) is 26.0 Å². The SMILES string of the molecule is Cn1c(CO)cc(=O)c(O)c1CN1CCCC1. The third kappa shape index (κ3) is 2.35. The van der Waals surface area contributed by atoms with Crippen LogP contribution in [0.1, 0.15) is 24.2 Å². The second-order valence-electron chi connectivity index (χ2n) is 4.50. The van der Waals surface area contributed by atoms with Gasteiger partial charge in [0.1, 0.15) is 0 Å². The number of pyridine rings is 1. The molecule has 0 aromatic carbocycles. The van der Waals surface area contributed by atoms with Gasteiger partial charge >= 0.3 is 0 Å². The van der Waals surface area contributed by atoms with Crippen molar-refractivity contribution < 1.29 is 10.2 Å². The molecule has 1 aromatic rings. The maximum Gasteiger partial charge on any atom is 0.223 e. The van der Waals surface area contributed by atoms with E-state index in [1.165, 1.54) is 6.07 Å². The fourth-order valence-electron chi connectivity index (χ4n) is 2.28. The molecule has 5 heteroatoms. The van der Waals surface area contributed by atoms with Crippen molar-refractivity contribution in [3.05, 3.63) is 27.7 Å². The van der Waals surface area contributed by atoms with Crippen LogP contribution >= 0.6 is 0 Å². The van der Waals surface area contributed by atoms with Crippen LogP contribution in [0.15, 0.2) is 10.9 Å². The average molecular weight is 238 g/mol. The standard InChI is InChI=1S/C12H18N2O3/c1-13-9(8-15)6-11(16)12(17)10(13)7-14-4-2-3-5-14/h6,15,17H,2-5,7-8H2,1H3. The number of aromatic hydroxyl groups is 1. The Morgan fingerprint density at radius 1 is 1.35 bits per heavy atom. The molecule has 0 radical (unpaired) electrons. The van der Waals surface area contributed by atoms with Crippen molar-refractivity contribution in [2.24, 2.45) is 7.05 Å². The van der Waals surface area contributed by atoms with E-state index in [-0.39, 0.29) is 12.4 Å². The third-order valence-corrected chi connectivity index (χ3v) is 3.37. The van der Waals surface area contributed by atoms with Gasteiger partial charge in [0.15, 0.2) is 5.75 Å². The van der Waals surface area contributed by atoms with Crippen LogP contribution in [0.2, 0.25) is 0 Å². The molecule has 1 aliphatic rings. The van der Waals surface area contributed by atoms with Gasteiger partial charge in [-0.25, -0.2) is 0 Å². The molecule has 0 amide bonds. The Morgan fingerprint density at radius 3 is 2.59 bits per heavy atom. The summed E-state index contributed by atoms with van der Waals surface area (Å²) in [6.45, 7) is 2.36. The Kier molecular flexibility index (Phi) is 3.49. The summed E-state index contributed by atoms with van der Waals surface area (Å²) >= 11 is 0. The van der Waals surface area contributed by atoms with Gasteiger partial charge in [-0.2, -0.15) is 0 Å². The van der Waals surface area contributed by atoms with Crippen LogP contribution < -0.4 is 5.43 Å². The molecule has 0 spiro atoms. The first-order valence-electron chi connectivity index (χ1n) is 5.87. The third-order valence-electron chi connectivity index (χ3n) is 3.37. The molecule has 0 atom stereocenters. The highest BCUT2D eigenvalue weighted by molar-refractivity contribution is 5.29. The first-order valence-corrected chi connectivity index (χ1v) is 5.87. The van der Waals surface area contributed by atoms with Gasteiger partial charge in [-0.05, 0) is 25.9 Å². The predicted octanol–water partition coefficient (Wildman–Crippen LogP) is 0.179. The Balaban J connectivity index is 2.36. The van der Waals surface area contributed by atoms with Crippen LogP contribution in [0.3, 0.4) is 0 Å². The summed E-state index contributed by atoms with van der Waals surface area (Å²) in [4.78, 5) is 13.8. The number of rotatable bonds is 3. The van der Waals surface area contributed by atoms with Crippen molar-refractivity contribution in [2.75, 3.05) is 13.1 Å². The van der Waals surface area contributed by atoms with E-state index in [4.69, 9.17) is 5.11 Å². The number of hydrogen-bond donors (Lipinski definition) is 2. The second-order valence-corrected chi connectivity index (χ2v) is 4.50. The van der Waals surface area contributed by atoms with Gasteiger partial charge in [0.05, 0.1) is 12.3 Å². The first-order chi connectivity index (χ1) is 8.13. The summed E-state index contributed by atoms with van der Waals surface area (Å²) in [6, 6.07) is 1.28. The van der Waals surface area contributed by atoms with E-state index in [2.05, 4.69) is 4.90 Å². The van der Waals surface area contributed by atoms with Crippen molar-refractivity contribution in [1.82, 2.24) is 9.47 Å². The van der Waals surface area contributed by atoms with E-state index in [1.54, 1.807) is 11.6 Å². The van der Waals surface area contributed by atoms with Crippen LogP contribution in [-0.4, -0.2) is 32.8 Å². The van der Waals surface area contributed by atoms with E-state index < -0.39 is 5.43 Å². The predicted molar refractivity (Wildman–Crippen MR) is 63.8 cm³/mol. The number of hydrogen-bond acceptors (Lipinski definition) is 4. The number of likely N-dealkylation sites (tertiary alicyclic amines) is 1. The molecule has 2 heterocycles. The second kappa shape index (κ2) is 4.89. The largest absolute Gasteiger partial charge is 0.503 e. The van der Waals surface area contributed by atoms with Gasteiger partial charge in [-0.1, -0.05) is 0 Å². The van der Waals surface area contributed by atoms with Crippen molar-refractivity contribution in [1.29, 1.82) is 0 Å². The topological polar surface area (TPSA) is 65.7 Å². The van der Waals surface area contributed by atoms with E-state index in [0.717, 1.165) is 25.9 Å². The lowest BCUT2D eigenvalue weighted by Gasteiger charge is -2.20. The van der Waals surface area contributed by atoms with Gasteiger partial charge in [0, 0.05) is 25.4 Å². The van der Waals surface area contributed by atoms with Gasteiger partial charge in [0.2, 0.25) is 5.43 Å². The Morgan fingerprint density at radius 2 is 2.00 bits per heavy atom. The minimum absolute atomic E-state index is 0.195. The molecule has 0 aliphatic carbocycles. The summed E-state index contributed by atoms with van der Waals surface area (Å²) < 4.78 is 1.70. The lowest BCUT2D eigenvalue weighted by atomic mass is 10.2. The molecule has 1 aliphatic heterocycles. The molecule has 1 fully saturated rings. The Bertz CT molecular complexity index is 462. The smallest absolute Gasteiger partial charge is 0.223 e. The molecule has 0 unspecified atom stereocenters. The number of aliphatic hydroxyl groups is 1. The highest BCUT2D eigenvalue weighted by Crippen LogP contribution is 2.18. The Labute approximate surface area is 99.9 Å². The molecule has 1 aromatic heterocycles. The van der Waals surface area contributed by atoms with Crippen LogP contribution in [0, 0.1) is 0 Å². The molecular formula is C12H18N2O3. The summed E-state index contributed by atoms with van der Waals surface area (Å²) in [6.07, 6.45) is 2.32. The van der Waals surface area contributed by atoms with Gasteiger partial charge in [0.25, 0.3) is 0 Å². The van der Waals surface area contributed by atoms with Crippen LogP contribution in [0.25, 0.3) is 0 Å². The molecule has 5 nitrogen and oxygen atoms in total. The van der Waals surface area contributed by atoms with E-state index in [9.17, 15) is 9.90 Å². The molecule has 0 saturated carbocycles. The van der Waals surface area contributed by atoms with E-state index in [1.807, 2.05) is 0 Å². The number of aromatic nitrogens is 1. The maximum absolute atomic E-state index is 11.6. The van der Waals surface area contributed by atoms with Gasteiger partial charge < -0.3 is 14.8 Å². The van der Waals surface area contributed by atoms with Gasteiger partial charge in [-0.3, -0.25) is 9.69 Å². The zero-order chi connectivity index (χ0) is 12.4. The fraction of sp³-hybridized carbons (Fsp3) is 0.583. The molecule has 17 heavy (non-hydrogen) atoms. The quantitative estimate of drug-likeness (QED) is 0.788. The summed E-state index contributed by atoms with van der Waals surface area (Å²) in [5.41, 5.74) is 0.701. The van der Waals surface area contributed by atoms with E-state index in [0.29, 0.717) is 17.9 Å². The van der Waals surface area contributed by atoms with E-state index >= 15 is 0 Å². The zero-order valence-electron chi connectivity index (χ0n) is 10.0. The lowest BCUT2D eigenvalue weighted by molar-refractivity contribution is 0.265. The van der Waals surface area contributed by atoms with Gasteiger partial charge in [-0.15, -0.1) is 0 Å². The average Bonchev–Trinajstić information content (AvgIpc) is 2.82. The normalized spacial score (nSPS) is 16.6. The monoisotopic (exact) mass is 238 g/mol. The van der Waals surface area contributed by atoms with Crippen LogP contribution in [0.4, 0.5) is 0 Å². The Hall–Kier alpha value is -1.33. The van der Waals surface area contributed by atoms with Crippen LogP contribution in [0.5, 0.6) is 5.75 Å². The van der Waals surface area contributed by atoms with Crippen molar-refractivity contribution in [3.63, 3.8) is 0 Å². The minimum Gasteiger partial charge on any atom is -0.503 e. The molecule has 2 rings (SSSR count). The molecule has 94 valence electrons. The number of aliphatic hydroxyl groups excluding tert-OH is 1. The molecule has 2 N–H and O–H groups in total. The van der Waals surface area contributed by atoms with Crippen molar-refractivity contribution >= 4 is 0 Å².